The Balaban J connectivity index is 1.53. The number of nitrogens with one attached hydrogen (secondary N) is 1. The number of benzene rings is 2. The Labute approximate surface area is 150 Å². The van der Waals surface area contributed by atoms with Gasteiger partial charge in [-0.3, -0.25) is 10.1 Å². The van der Waals surface area contributed by atoms with E-state index in [9.17, 15) is 4.79 Å². The van der Waals surface area contributed by atoms with Crippen LogP contribution in [-0.4, -0.2) is 22.7 Å². The highest BCUT2D eigenvalue weighted by molar-refractivity contribution is 7.15. The van der Waals surface area contributed by atoms with Crippen LogP contribution in [0.5, 0.6) is 5.75 Å². The van der Waals surface area contributed by atoms with E-state index in [4.69, 9.17) is 4.74 Å². The zero-order chi connectivity index (χ0) is 17.6. The number of nitrogens with zero attached hydrogens (tertiary/aromatic N) is 2. The van der Waals surface area contributed by atoms with Crippen molar-refractivity contribution in [3.05, 3.63) is 70.2 Å². The Morgan fingerprint density at radius 2 is 1.80 bits per heavy atom. The van der Waals surface area contributed by atoms with Gasteiger partial charge in [0.05, 0.1) is 0 Å². The molecule has 0 radical (unpaired) electrons. The molecule has 1 heterocycles. The molecule has 0 aliphatic rings. The molecule has 3 aromatic rings. The van der Waals surface area contributed by atoms with Crippen LogP contribution in [-0.2, 0) is 11.2 Å². The Morgan fingerprint density at radius 1 is 1.08 bits per heavy atom. The largest absolute Gasteiger partial charge is 0.484 e. The molecule has 1 aromatic heterocycles. The summed E-state index contributed by atoms with van der Waals surface area (Å²) in [5.41, 5.74) is 3.37. The van der Waals surface area contributed by atoms with Crippen molar-refractivity contribution < 1.29 is 9.53 Å². The number of hydrogen-bond acceptors (Lipinski definition) is 5. The molecule has 25 heavy (non-hydrogen) atoms. The van der Waals surface area contributed by atoms with Crippen LogP contribution >= 0.6 is 11.3 Å². The van der Waals surface area contributed by atoms with Crippen molar-refractivity contribution in [1.82, 2.24) is 10.2 Å². The lowest BCUT2D eigenvalue weighted by molar-refractivity contribution is -0.118. The molecule has 0 unspecified atom stereocenters. The first kappa shape index (κ1) is 17.1. The van der Waals surface area contributed by atoms with E-state index in [0.29, 0.717) is 17.3 Å². The molecule has 0 aliphatic heterocycles. The second kappa shape index (κ2) is 7.90. The van der Waals surface area contributed by atoms with E-state index in [1.165, 1.54) is 11.3 Å². The number of aryl methyl sites for hydroxylation is 2. The van der Waals surface area contributed by atoms with Crippen molar-refractivity contribution in [1.29, 1.82) is 0 Å². The second-order valence-electron chi connectivity index (χ2n) is 5.82. The summed E-state index contributed by atoms with van der Waals surface area (Å²) in [6.07, 6.45) is 0.702. The van der Waals surface area contributed by atoms with Gasteiger partial charge in [0.15, 0.2) is 6.61 Å². The topological polar surface area (TPSA) is 64.1 Å². The molecule has 0 saturated carbocycles. The Bertz CT molecular complexity index is 842. The molecular weight excluding hydrogens is 334 g/mol. The molecule has 5 nitrogen and oxygen atoms in total. The highest BCUT2D eigenvalue weighted by Gasteiger charge is 2.09. The first-order chi connectivity index (χ1) is 12.1. The van der Waals surface area contributed by atoms with Crippen molar-refractivity contribution in [3.63, 3.8) is 0 Å². The van der Waals surface area contributed by atoms with Gasteiger partial charge < -0.3 is 4.74 Å². The van der Waals surface area contributed by atoms with Crippen molar-refractivity contribution >= 4 is 22.4 Å². The van der Waals surface area contributed by atoms with Crippen LogP contribution in [0.2, 0.25) is 0 Å². The Kier molecular flexibility index (Phi) is 5.40. The number of hydrogen-bond donors (Lipinski definition) is 1. The van der Waals surface area contributed by atoms with Gasteiger partial charge in [-0.25, -0.2) is 0 Å². The first-order valence-corrected chi connectivity index (χ1v) is 8.77. The van der Waals surface area contributed by atoms with Crippen molar-refractivity contribution in [2.45, 2.75) is 20.3 Å². The Hall–Kier alpha value is -2.73. The van der Waals surface area contributed by atoms with Crippen LogP contribution in [0, 0.1) is 13.8 Å². The minimum atomic E-state index is -0.249. The van der Waals surface area contributed by atoms with Crippen molar-refractivity contribution in [2.24, 2.45) is 0 Å². The molecule has 0 aliphatic carbocycles. The average Bonchev–Trinajstić information content (AvgIpc) is 3.00. The number of amides is 1. The molecule has 2 aromatic carbocycles. The number of carbonyl (C=O) groups is 1. The Morgan fingerprint density at radius 3 is 2.52 bits per heavy atom. The van der Waals surface area contributed by atoms with E-state index in [1.54, 1.807) is 0 Å². The molecule has 1 N–H and O–H groups in total. The molecule has 128 valence electrons. The van der Waals surface area contributed by atoms with E-state index >= 15 is 0 Å². The summed E-state index contributed by atoms with van der Waals surface area (Å²) in [6, 6.07) is 15.9. The van der Waals surface area contributed by atoms with E-state index < -0.39 is 0 Å². The number of carbonyl (C=O) groups excluding carboxylic acids is 1. The third kappa shape index (κ3) is 5.12. The molecular formula is C19H19N3O2S. The zero-order valence-corrected chi connectivity index (χ0v) is 15.0. The molecule has 3 rings (SSSR count). The zero-order valence-electron chi connectivity index (χ0n) is 14.2. The van der Waals surface area contributed by atoms with Gasteiger partial charge in [0.25, 0.3) is 5.91 Å². The van der Waals surface area contributed by atoms with Gasteiger partial charge in [-0.15, -0.1) is 10.2 Å². The second-order valence-corrected chi connectivity index (χ2v) is 6.89. The van der Waals surface area contributed by atoms with Gasteiger partial charge >= 0.3 is 0 Å². The van der Waals surface area contributed by atoms with Crippen LogP contribution in [0.15, 0.2) is 48.5 Å². The summed E-state index contributed by atoms with van der Waals surface area (Å²) >= 11 is 1.37. The first-order valence-electron chi connectivity index (χ1n) is 7.96. The lowest BCUT2D eigenvalue weighted by atomic mass is 10.1. The summed E-state index contributed by atoms with van der Waals surface area (Å²) in [6.45, 7) is 3.93. The fraction of sp³-hybridized carbons (Fsp3) is 0.211. The molecule has 0 saturated heterocycles. The fourth-order valence-electron chi connectivity index (χ4n) is 2.47. The predicted molar refractivity (Wildman–Crippen MR) is 99.2 cm³/mol. The average molecular weight is 353 g/mol. The fourth-order valence-corrected chi connectivity index (χ4v) is 3.26. The number of anilines is 1. The van der Waals surface area contributed by atoms with Crippen LogP contribution < -0.4 is 10.1 Å². The summed E-state index contributed by atoms with van der Waals surface area (Å²) in [4.78, 5) is 12.0. The van der Waals surface area contributed by atoms with Gasteiger partial charge in [-0.05, 0) is 42.7 Å². The van der Waals surface area contributed by atoms with Gasteiger partial charge in [0.2, 0.25) is 5.13 Å². The van der Waals surface area contributed by atoms with E-state index in [1.807, 2.05) is 56.3 Å². The summed E-state index contributed by atoms with van der Waals surface area (Å²) < 4.78 is 5.55. The molecule has 0 bridgehead atoms. The smallest absolute Gasteiger partial charge is 0.264 e. The van der Waals surface area contributed by atoms with Gasteiger partial charge in [-0.2, -0.15) is 0 Å². The van der Waals surface area contributed by atoms with Crippen LogP contribution in [0.25, 0.3) is 0 Å². The maximum atomic E-state index is 12.0. The highest BCUT2D eigenvalue weighted by Crippen LogP contribution is 2.19. The minimum Gasteiger partial charge on any atom is -0.484 e. The van der Waals surface area contributed by atoms with Gasteiger partial charge in [0, 0.05) is 6.42 Å². The van der Waals surface area contributed by atoms with E-state index in [-0.39, 0.29) is 12.5 Å². The highest BCUT2D eigenvalue weighted by atomic mass is 32.1. The number of aromatic nitrogens is 2. The summed E-state index contributed by atoms with van der Waals surface area (Å²) in [5.74, 6) is 0.441. The van der Waals surface area contributed by atoms with E-state index in [0.717, 1.165) is 21.7 Å². The third-order valence-corrected chi connectivity index (χ3v) is 4.32. The molecule has 0 spiro atoms. The maximum absolute atomic E-state index is 12.0. The predicted octanol–water partition coefficient (Wildman–Crippen LogP) is 3.76. The van der Waals surface area contributed by atoms with Crippen LogP contribution in [0.1, 0.15) is 21.7 Å². The SMILES string of the molecule is Cc1cc(C)cc(OCC(=O)Nc2nnc(Cc3ccccc3)s2)c1. The monoisotopic (exact) mass is 353 g/mol. The minimum absolute atomic E-state index is 0.0590. The molecule has 0 fully saturated rings. The van der Waals surface area contributed by atoms with Gasteiger partial charge in [0.1, 0.15) is 10.8 Å². The van der Waals surface area contributed by atoms with E-state index in [2.05, 4.69) is 21.6 Å². The molecule has 6 heteroatoms. The van der Waals surface area contributed by atoms with Crippen molar-refractivity contribution in [3.8, 4) is 5.75 Å². The maximum Gasteiger partial charge on any atom is 0.264 e. The lowest BCUT2D eigenvalue weighted by Crippen LogP contribution is -2.20. The quantitative estimate of drug-likeness (QED) is 0.733. The number of rotatable bonds is 6. The molecule has 1 amide bonds. The lowest BCUT2D eigenvalue weighted by Gasteiger charge is -2.07. The molecule has 0 atom stereocenters. The van der Waals surface area contributed by atoms with Gasteiger partial charge in [-0.1, -0.05) is 47.7 Å². The summed E-state index contributed by atoms with van der Waals surface area (Å²) in [7, 11) is 0. The normalized spacial score (nSPS) is 10.5. The standard InChI is InChI=1S/C19H19N3O2S/c1-13-8-14(2)10-16(9-13)24-12-17(23)20-19-22-21-18(25-19)11-15-6-4-3-5-7-15/h3-10H,11-12H2,1-2H3,(H,20,22,23). The third-order valence-electron chi connectivity index (χ3n) is 3.48. The van der Waals surface area contributed by atoms with Crippen LogP contribution in [0.4, 0.5) is 5.13 Å². The van der Waals surface area contributed by atoms with Crippen LogP contribution in [0.3, 0.4) is 0 Å². The number of ether oxygens (including phenoxy) is 1. The van der Waals surface area contributed by atoms with Crippen molar-refractivity contribution in [2.75, 3.05) is 11.9 Å². The summed E-state index contributed by atoms with van der Waals surface area (Å²) in [5, 5.41) is 12.2.